The van der Waals surface area contributed by atoms with Gasteiger partial charge in [-0.15, -0.1) is 0 Å². The Kier molecular flexibility index (Phi) is 3.94. The highest BCUT2D eigenvalue weighted by molar-refractivity contribution is 9.10. The minimum Gasteiger partial charge on any atom is -0.478 e. The van der Waals surface area contributed by atoms with Gasteiger partial charge < -0.3 is 10.4 Å². The summed E-state index contributed by atoms with van der Waals surface area (Å²) in [7, 11) is 0. The third-order valence-corrected chi connectivity index (χ3v) is 3.20. The van der Waals surface area contributed by atoms with Crippen molar-refractivity contribution in [3.05, 3.63) is 58.2 Å². The monoisotopic (exact) mass is 306 g/mol. The summed E-state index contributed by atoms with van der Waals surface area (Å²) in [5.74, 6) is -0.410. The van der Waals surface area contributed by atoms with Gasteiger partial charge in [-0.1, -0.05) is 34.1 Å². The fraction of sp³-hybridized carbons (Fsp3) is 0.0769. The molecule has 0 bridgehead atoms. The SMILES string of the molecule is O=C(O)c1ccnc(NCc2ccccc2Br)c1. The molecule has 0 saturated heterocycles. The zero-order valence-electron chi connectivity index (χ0n) is 9.43. The molecule has 92 valence electrons. The molecule has 0 fully saturated rings. The van der Waals surface area contributed by atoms with Gasteiger partial charge in [0.25, 0.3) is 0 Å². The average molecular weight is 307 g/mol. The highest BCUT2D eigenvalue weighted by Gasteiger charge is 2.04. The minimum absolute atomic E-state index is 0.222. The predicted molar refractivity (Wildman–Crippen MR) is 72.7 cm³/mol. The molecular weight excluding hydrogens is 296 g/mol. The van der Waals surface area contributed by atoms with Gasteiger partial charge in [0.15, 0.2) is 0 Å². The molecule has 0 aliphatic rings. The molecule has 0 aliphatic carbocycles. The second kappa shape index (κ2) is 5.64. The Hall–Kier alpha value is -1.88. The number of benzene rings is 1. The van der Waals surface area contributed by atoms with Crippen molar-refractivity contribution in [1.29, 1.82) is 0 Å². The van der Waals surface area contributed by atoms with Crippen LogP contribution in [-0.2, 0) is 6.54 Å². The van der Waals surface area contributed by atoms with Crippen molar-refractivity contribution in [3.8, 4) is 0 Å². The number of nitrogens with one attached hydrogen (secondary N) is 1. The lowest BCUT2D eigenvalue weighted by atomic mass is 10.2. The van der Waals surface area contributed by atoms with Gasteiger partial charge in [0, 0.05) is 17.2 Å². The summed E-state index contributed by atoms with van der Waals surface area (Å²) in [4.78, 5) is 14.9. The maximum atomic E-state index is 10.8. The highest BCUT2D eigenvalue weighted by atomic mass is 79.9. The molecule has 1 aromatic carbocycles. The fourth-order valence-corrected chi connectivity index (χ4v) is 1.91. The molecule has 5 heteroatoms. The van der Waals surface area contributed by atoms with Crippen LogP contribution in [0.25, 0.3) is 0 Å². The first-order valence-corrected chi connectivity index (χ1v) is 6.13. The first-order valence-electron chi connectivity index (χ1n) is 5.33. The summed E-state index contributed by atoms with van der Waals surface area (Å²) >= 11 is 3.45. The van der Waals surface area contributed by atoms with Crippen LogP contribution in [0.3, 0.4) is 0 Å². The number of halogens is 1. The smallest absolute Gasteiger partial charge is 0.335 e. The van der Waals surface area contributed by atoms with E-state index in [1.54, 1.807) is 0 Å². The number of nitrogens with zero attached hydrogens (tertiary/aromatic N) is 1. The quantitative estimate of drug-likeness (QED) is 0.911. The van der Waals surface area contributed by atoms with E-state index < -0.39 is 5.97 Å². The molecular formula is C13H11BrN2O2. The summed E-state index contributed by atoms with van der Waals surface area (Å²) in [5, 5.41) is 12.0. The topological polar surface area (TPSA) is 62.2 Å². The van der Waals surface area contributed by atoms with E-state index in [4.69, 9.17) is 5.11 Å². The van der Waals surface area contributed by atoms with Gasteiger partial charge in [0.1, 0.15) is 5.82 Å². The number of rotatable bonds is 4. The van der Waals surface area contributed by atoms with Crippen LogP contribution in [0, 0.1) is 0 Å². The van der Waals surface area contributed by atoms with Gasteiger partial charge in [0.2, 0.25) is 0 Å². The Morgan fingerprint density at radius 2 is 2.11 bits per heavy atom. The van der Waals surface area contributed by atoms with E-state index in [-0.39, 0.29) is 5.56 Å². The van der Waals surface area contributed by atoms with Crippen molar-refractivity contribution < 1.29 is 9.90 Å². The molecule has 0 saturated carbocycles. The number of carbonyl (C=O) groups is 1. The van der Waals surface area contributed by atoms with Gasteiger partial charge in [-0.25, -0.2) is 9.78 Å². The van der Waals surface area contributed by atoms with E-state index in [0.717, 1.165) is 10.0 Å². The number of aromatic nitrogens is 1. The molecule has 0 spiro atoms. The van der Waals surface area contributed by atoms with Crippen LogP contribution in [0.2, 0.25) is 0 Å². The third-order valence-electron chi connectivity index (χ3n) is 2.42. The largest absolute Gasteiger partial charge is 0.478 e. The third kappa shape index (κ3) is 3.07. The van der Waals surface area contributed by atoms with Crippen molar-refractivity contribution in [1.82, 2.24) is 4.98 Å². The Labute approximate surface area is 113 Å². The molecule has 0 aliphatic heterocycles. The van der Waals surface area contributed by atoms with E-state index in [9.17, 15) is 4.79 Å². The molecule has 2 rings (SSSR count). The molecule has 0 unspecified atom stereocenters. The van der Waals surface area contributed by atoms with E-state index in [1.165, 1.54) is 18.3 Å². The Morgan fingerprint density at radius 3 is 2.83 bits per heavy atom. The van der Waals surface area contributed by atoms with Crippen LogP contribution in [0.15, 0.2) is 47.1 Å². The molecule has 2 N–H and O–H groups in total. The first kappa shape index (κ1) is 12.6. The maximum absolute atomic E-state index is 10.8. The maximum Gasteiger partial charge on any atom is 0.335 e. The van der Waals surface area contributed by atoms with Crippen molar-refractivity contribution in [3.63, 3.8) is 0 Å². The minimum atomic E-state index is -0.957. The normalized spacial score (nSPS) is 10.1. The van der Waals surface area contributed by atoms with Crippen LogP contribution in [-0.4, -0.2) is 16.1 Å². The number of aromatic carboxylic acids is 1. The number of pyridine rings is 1. The summed E-state index contributed by atoms with van der Waals surface area (Å²) in [6, 6.07) is 10.8. The molecule has 2 aromatic rings. The van der Waals surface area contributed by atoms with Gasteiger partial charge in [-0.2, -0.15) is 0 Å². The lowest BCUT2D eigenvalue weighted by Crippen LogP contribution is -2.04. The number of carboxylic acid groups (broad SMARTS) is 1. The lowest BCUT2D eigenvalue weighted by molar-refractivity contribution is 0.0697. The lowest BCUT2D eigenvalue weighted by Gasteiger charge is -2.07. The summed E-state index contributed by atoms with van der Waals surface area (Å²) in [6.45, 7) is 0.581. The first-order chi connectivity index (χ1) is 8.66. The predicted octanol–water partition coefficient (Wildman–Crippen LogP) is 3.15. The summed E-state index contributed by atoms with van der Waals surface area (Å²) in [6.07, 6.45) is 1.48. The van der Waals surface area contributed by atoms with E-state index in [2.05, 4.69) is 26.2 Å². The number of anilines is 1. The molecule has 18 heavy (non-hydrogen) atoms. The zero-order chi connectivity index (χ0) is 13.0. The number of hydrogen-bond donors (Lipinski definition) is 2. The van der Waals surface area contributed by atoms with Gasteiger partial charge in [-0.05, 0) is 23.8 Å². The summed E-state index contributed by atoms with van der Waals surface area (Å²) < 4.78 is 1.01. The molecule has 4 nitrogen and oxygen atoms in total. The van der Waals surface area contributed by atoms with Crippen LogP contribution < -0.4 is 5.32 Å². The Balaban J connectivity index is 2.09. The summed E-state index contributed by atoms with van der Waals surface area (Å²) in [5.41, 5.74) is 1.31. The van der Waals surface area contributed by atoms with Crippen molar-refractivity contribution in [2.24, 2.45) is 0 Å². The van der Waals surface area contributed by atoms with Crippen LogP contribution in [0.4, 0.5) is 5.82 Å². The molecule has 1 aromatic heterocycles. The number of hydrogen-bond acceptors (Lipinski definition) is 3. The highest BCUT2D eigenvalue weighted by Crippen LogP contribution is 2.17. The molecule has 0 atom stereocenters. The van der Waals surface area contributed by atoms with Crippen molar-refractivity contribution in [2.45, 2.75) is 6.54 Å². The molecule has 1 heterocycles. The van der Waals surface area contributed by atoms with Crippen molar-refractivity contribution >= 4 is 27.7 Å². The molecule has 0 radical (unpaired) electrons. The van der Waals surface area contributed by atoms with Gasteiger partial charge in [0.05, 0.1) is 5.56 Å². The van der Waals surface area contributed by atoms with Crippen LogP contribution in [0.5, 0.6) is 0 Å². The second-order valence-corrected chi connectivity index (χ2v) is 4.53. The van der Waals surface area contributed by atoms with Crippen LogP contribution in [0.1, 0.15) is 15.9 Å². The van der Waals surface area contributed by atoms with E-state index >= 15 is 0 Å². The second-order valence-electron chi connectivity index (χ2n) is 3.68. The fourth-order valence-electron chi connectivity index (χ4n) is 1.49. The van der Waals surface area contributed by atoms with E-state index in [1.807, 2.05) is 24.3 Å². The standard InChI is InChI=1S/C13H11BrN2O2/c14-11-4-2-1-3-10(11)8-16-12-7-9(13(17)18)5-6-15-12/h1-7H,8H2,(H,15,16)(H,17,18). The number of carboxylic acids is 1. The Bertz CT molecular complexity index is 572. The van der Waals surface area contributed by atoms with Gasteiger partial charge in [-0.3, -0.25) is 0 Å². The van der Waals surface area contributed by atoms with Crippen molar-refractivity contribution in [2.75, 3.05) is 5.32 Å². The van der Waals surface area contributed by atoms with Crippen LogP contribution >= 0.6 is 15.9 Å². The Morgan fingerprint density at radius 1 is 1.33 bits per heavy atom. The average Bonchev–Trinajstić information content (AvgIpc) is 2.38. The van der Waals surface area contributed by atoms with Gasteiger partial charge >= 0.3 is 5.97 Å². The zero-order valence-corrected chi connectivity index (χ0v) is 11.0. The molecule has 0 amide bonds. The van der Waals surface area contributed by atoms with E-state index in [0.29, 0.717) is 12.4 Å².